The van der Waals surface area contributed by atoms with E-state index in [-0.39, 0.29) is 11.7 Å². The molecule has 1 aromatic rings. The van der Waals surface area contributed by atoms with Crippen LogP contribution in [-0.2, 0) is 11.0 Å². The highest BCUT2D eigenvalue weighted by molar-refractivity contribution is 5.82. The van der Waals surface area contributed by atoms with E-state index in [1.807, 2.05) is 0 Å². The Labute approximate surface area is 102 Å². The Morgan fingerprint density at radius 1 is 1.33 bits per heavy atom. The third-order valence-corrected chi connectivity index (χ3v) is 2.23. The molecule has 0 aliphatic carbocycles. The second-order valence-corrected chi connectivity index (χ2v) is 4.07. The van der Waals surface area contributed by atoms with Crippen LogP contribution in [0.4, 0.5) is 19.0 Å². The lowest BCUT2D eigenvalue weighted by Crippen LogP contribution is -2.39. The number of hydrogen-bond donors (Lipinski definition) is 2. The Kier molecular flexibility index (Phi) is 4.10. The molecule has 0 aliphatic heterocycles. The lowest BCUT2D eigenvalue weighted by molar-refractivity contribution is -0.141. The fraction of sp³-hybridized carbons (Fsp3) is 0.500. The van der Waals surface area contributed by atoms with Gasteiger partial charge in [0.1, 0.15) is 11.9 Å². The molecule has 1 unspecified atom stereocenters. The summed E-state index contributed by atoms with van der Waals surface area (Å²) in [6.45, 7) is 3.50. The van der Waals surface area contributed by atoms with E-state index in [1.165, 1.54) is 0 Å². The van der Waals surface area contributed by atoms with Gasteiger partial charge in [0.25, 0.3) is 0 Å². The largest absolute Gasteiger partial charge is 0.435 e. The van der Waals surface area contributed by atoms with E-state index in [9.17, 15) is 18.0 Å². The molecule has 0 aliphatic rings. The summed E-state index contributed by atoms with van der Waals surface area (Å²) in [5.74, 6) is -0.654. The minimum Gasteiger partial charge on any atom is -0.368 e. The van der Waals surface area contributed by atoms with Crippen LogP contribution in [0, 0.1) is 5.92 Å². The Balaban J connectivity index is 2.83. The first-order valence-corrected chi connectivity index (χ1v) is 5.18. The number of anilines is 1. The molecular formula is C10H13F3N4O. The molecule has 0 radical (unpaired) electrons. The summed E-state index contributed by atoms with van der Waals surface area (Å²) in [5, 5.41) is 9.03. The first-order chi connectivity index (χ1) is 8.21. The van der Waals surface area contributed by atoms with Crippen LogP contribution in [0.2, 0.25) is 0 Å². The lowest BCUT2D eigenvalue weighted by atomic mass is 10.0. The maximum absolute atomic E-state index is 12.2. The van der Waals surface area contributed by atoms with Crippen molar-refractivity contribution in [3.63, 3.8) is 0 Å². The van der Waals surface area contributed by atoms with Gasteiger partial charge in [0, 0.05) is 0 Å². The van der Waals surface area contributed by atoms with Crippen molar-refractivity contribution in [3.05, 3.63) is 17.8 Å². The molecule has 0 saturated carbocycles. The summed E-state index contributed by atoms with van der Waals surface area (Å²) >= 11 is 0. The Hall–Kier alpha value is -1.86. The number of alkyl halides is 3. The number of primary amides is 1. The first-order valence-electron chi connectivity index (χ1n) is 5.18. The number of aromatic nitrogens is 2. The fourth-order valence-corrected chi connectivity index (χ4v) is 1.29. The predicted octanol–water partition coefficient (Wildman–Crippen LogP) is 1.42. The van der Waals surface area contributed by atoms with E-state index in [0.717, 1.165) is 12.1 Å². The number of amides is 1. The van der Waals surface area contributed by atoms with Crippen LogP contribution in [0.15, 0.2) is 12.1 Å². The van der Waals surface area contributed by atoms with Crippen LogP contribution in [0.25, 0.3) is 0 Å². The average Bonchev–Trinajstić information content (AvgIpc) is 2.24. The topological polar surface area (TPSA) is 80.9 Å². The van der Waals surface area contributed by atoms with Crippen molar-refractivity contribution in [2.75, 3.05) is 5.32 Å². The summed E-state index contributed by atoms with van der Waals surface area (Å²) < 4.78 is 36.7. The van der Waals surface area contributed by atoms with Crippen LogP contribution in [-0.4, -0.2) is 22.1 Å². The molecular weight excluding hydrogens is 249 g/mol. The quantitative estimate of drug-likeness (QED) is 0.859. The Morgan fingerprint density at radius 2 is 1.94 bits per heavy atom. The summed E-state index contributed by atoms with van der Waals surface area (Å²) in [6.07, 6.45) is -4.54. The highest BCUT2D eigenvalue weighted by Crippen LogP contribution is 2.27. The highest BCUT2D eigenvalue weighted by Gasteiger charge is 2.33. The van der Waals surface area contributed by atoms with Crippen molar-refractivity contribution in [2.24, 2.45) is 11.7 Å². The average molecular weight is 262 g/mol. The second kappa shape index (κ2) is 5.19. The molecule has 0 bridgehead atoms. The number of halogens is 3. The second-order valence-electron chi connectivity index (χ2n) is 4.07. The number of carbonyl (C=O) groups is 1. The van der Waals surface area contributed by atoms with Gasteiger partial charge in [-0.05, 0) is 18.1 Å². The molecule has 3 N–H and O–H groups in total. The maximum atomic E-state index is 12.2. The minimum atomic E-state index is -4.54. The highest BCUT2D eigenvalue weighted by atomic mass is 19.4. The normalized spacial score (nSPS) is 13.4. The molecule has 1 heterocycles. The third kappa shape index (κ3) is 3.57. The van der Waals surface area contributed by atoms with E-state index in [1.54, 1.807) is 13.8 Å². The van der Waals surface area contributed by atoms with Crippen molar-refractivity contribution in [1.82, 2.24) is 10.2 Å². The number of rotatable bonds is 4. The van der Waals surface area contributed by atoms with Gasteiger partial charge < -0.3 is 11.1 Å². The molecule has 18 heavy (non-hydrogen) atoms. The lowest BCUT2D eigenvalue weighted by Gasteiger charge is -2.19. The van der Waals surface area contributed by atoms with Crippen molar-refractivity contribution in [1.29, 1.82) is 0 Å². The molecule has 0 spiro atoms. The monoisotopic (exact) mass is 262 g/mol. The molecule has 5 nitrogen and oxygen atoms in total. The van der Waals surface area contributed by atoms with E-state index in [4.69, 9.17) is 5.73 Å². The van der Waals surface area contributed by atoms with Gasteiger partial charge in [0.05, 0.1) is 0 Å². The molecule has 0 fully saturated rings. The summed E-state index contributed by atoms with van der Waals surface area (Å²) in [5.41, 5.74) is 4.07. The zero-order chi connectivity index (χ0) is 13.9. The molecule has 8 heteroatoms. The standard InChI is InChI=1S/C10H13F3N4O/c1-5(2)8(9(14)18)15-7-4-3-6(16-17-7)10(11,12)13/h3-5,8H,1-2H3,(H2,14,18)(H,15,17). The van der Waals surface area contributed by atoms with Crippen LogP contribution in [0.5, 0.6) is 0 Å². The van der Waals surface area contributed by atoms with Gasteiger partial charge >= 0.3 is 6.18 Å². The molecule has 1 amide bonds. The van der Waals surface area contributed by atoms with Gasteiger partial charge in [-0.2, -0.15) is 13.2 Å². The van der Waals surface area contributed by atoms with E-state index in [2.05, 4.69) is 15.5 Å². The Morgan fingerprint density at radius 3 is 2.28 bits per heavy atom. The number of carbonyl (C=O) groups excluding carboxylic acids is 1. The van der Waals surface area contributed by atoms with Gasteiger partial charge in [-0.15, -0.1) is 10.2 Å². The summed E-state index contributed by atoms with van der Waals surface area (Å²) in [7, 11) is 0. The molecule has 1 aromatic heterocycles. The van der Waals surface area contributed by atoms with Crippen molar-refractivity contribution in [3.8, 4) is 0 Å². The van der Waals surface area contributed by atoms with Gasteiger partial charge in [-0.3, -0.25) is 4.79 Å². The molecule has 1 rings (SSSR count). The van der Waals surface area contributed by atoms with E-state index < -0.39 is 23.8 Å². The minimum absolute atomic E-state index is 0.0699. The zero-order valence-electron chi connectivity index (χ0n) is 9.82. The van der Waals surface area contributed by atoms with E-state index in [0.29, 0.717) is 0 Å². The number of hydrogen-bond acceptors (Lipinski definition) is 4. The predicted molar refractivity (Wildman–Crippen MR) is 58.5 cm³/mol. The van der Waals surface area contributed by atoms with Crippen LogP contribution >= 0.6 is 0 Å². The van der Waals surface area contributed by atoms with Crippen LogP contribution < -0.4 is 11.1 Å². The van der Waals surface area contributed by atoms with Crippen LogP contribution in [0.1, 0.15) is 19.5 Å². The van der Waals surface area contributed by atoms with Gasteiger partial charge in [0.15, 0.2) is 5.69 Å². The van der Waals surface area contributed by atoms with Gasteiger partial charge in [-0.1, -0.05) is 13.8 Å². The van der Waals surface area contributed by atoms with Crippen molar-refractivity contribution >= 4 is 11.7 Å². The summed E-state index contributed by atoms with van der Waals surface area (Å²) in [6, 6.07) is 1.18. The van der Waals surface area contributed by atoms with E-state index >= 15 is 0 Å². The fourth-order valence-electron chi connectivity index (χ4n) is 1.29. The molecule has 0 saturated heterocycles. The maximum Gasteiger partial charge on any atom is 0.435 e. The van der Waals surface area contributed by atoms with Crippen molar-refractivity contribution < 1.29 is 18.0 Å². The van der Waals surface area contributed by atoms with Gasteiger partial charge in [0.2, 0.25) is 5.91 Å². The first kappa shape index (κ1) is 14.2. The smallest absolute Gasteiger partial charge is 0.368 e. The Bertz CT molecular complexity index is 416. The van der Waals surface area contributed by atoms with Crippen molar-refractivity contribution in [2.45, 2.75) is 26.1 Å². The van der Waals surface area contributed by atoms with Gasteiger partial charge in [-0.25, -0.2) is 0 Å². The molecule has 0 aromatic carbocycles. The number of nitrogens with one attached hydrogen (secondary N) is 1. The van der Waals surface area contributed by atoms with Crippen LogP contribution in [0.3, 0.4) is 0 Å². The zero-order valence-corrected chi connectivity index (χ0v) is 9.82. The number of nitrogens with two attached hydrogens (primary N) is 1. The number of nitrogens with zero attached hydrogens (tertiary/aromatic N) is 2. The molecule has 1 atom stereocenters. The SMILES string of the molecule is CC(C)C(Nc1ccc(C(F)(F)F)nn1)C(N)=O. The summed E-state index contributed by atoms with van der Waals surface area (Å²) in [4.78, 5) is 11.1. The third-order valence-electron chi connectivity index (χ3n) is 2.23. The molecule has 100 valence electrons.